The standard InChI is InChI=1S/C15H19ClN4/c1-11(6-7-19(2)3)20-14-8-12(10-17)4-5-13(14)18-15(20)9-16/h4-5,8,11H,6-7,9H2,1-3H3. The molecule has 0 fully saturated rings. The summed E-state index contributed by atoms with van der Waals surface area (Å²) in [4.78, 5) is 6.73. The van der Waals surface area contributed by atoms with Gasteiger partial charge in [0, 0.05) is 6.04 Å². The number of alkyl halides is 1. The molecule has 0 saturated heterocycles. The molecule has 0 bridgehead atoms. The van der Waals surface area contributed by atoms with Crippen LogP contribution < -0.4 is 0 Å². The highest BCUT2D eigenvalue weighted by atomic mass is 35.5. The Morgan fingerprint density at radius 2 is 2.20 bits per heavy atom. The molecule has 2 aromatic rings. The van der Waals surface area contributed by atoms with Crippen molar-refractivity contribution >= 4 is 22.6 Å². The van der Waals surface area contributed by atoms with Crippen LogP contribution in [0.5, 0.6) is 0 Å². The molecule has 1 unspecified atom stereocenters. The maximum atomic E-state index is 9.05. The zero-order chi connectivity index (χ0) is 14.7. The number of nitriles is 1. The van der Waals surface area contributed by atoms with Gasteiger partial charge in [-0.25, -0.2) is 4.98 Å². The smallest absolute Gasteiger partial charge is 0.125 e. The highest BCUT2D eigenvalue weighted by Crippen LogP contribution is 2.25. The molecule has 106 valence electrons. The van der Waals surface area contributed by atoms with Gasteiger partial charge in [0.1, 0.15) is 5.82 Å². The van der Waals surface area contributed by atoms with Crippen LogP contribution in [0.15, 0.2) is 18.2 Å². The van der Waals surface area contributed by atoms with Gasteiger partial charge in [-0.05, 0) is 52.2 Å². The highest BCUT2D eigenvalue weighted by Gasteiger charge is 2.15. The Hall–Kier alpha value is -1.57. The minimum absolute atomic E-state index is 0.296. The number of rotatable bonds is 5. The van der Waals surface area contributed by atoms with E-state index in [1.165, 1.54) is 0 Å². The molecule has 0 N–H and O–H groups in total. The Kier molecular flexibility index (Phi) is 4.64. The maximum absolute atomic E-state index is 9.05. The van der Waals surface area contributed by atoms with Gasteiger partial charge in [0.05, 0.1) is 28.5 Å². The van der Waals surface area contributed by atoms with Crippen molar-refractivity contribution in [2.24, 2.45) is 0 Å². The molecule has 0 aliphatic heterocycles. The summed E-state index contributed by atoms with van der Waals surface area (Å²) in [6.07, 6.45) is 1.01. The molecule has 1 aromatic carbocycles. The third-order valence-electron chi connectivity index (χ3n) is 3.45. The van der Waals surface area contributed by atoms with Crippen LogP contribution >= 0.6 is 11.6 Å². The summed E-state index contributed by atoms with van der Waals surface area (Å²) in [5.41, 5.74) is 2.54. The van der Waals surface area contributed by atoms with Gasteiger partial charge in [-0.3, -0.25) is 0 Å². The Morgan fingerprint density at radius 3 is 2.80 bits per heavy atom. The average Bonchev–Trinajstić information content (AvgIpc) is 2.81. The zero-order valence-electron chi connectivity index (χ0n) is 12.1. The van der Waals surface area contributed by atoms with E-state index in [0.29, 0.717) is 17.5 Å². The average molecular weight is 291 g/mol. The summed E-state index contributed by atoms with van der Waals surface area (Å²) in [5.74, 6) is 1.24. The summed E-state index contributed by atoms with van der Waals surface area (Å²) in [5, 5.41) is 9.05. The second-order valence-corrected chi connectivity index (χ2v) is 5.56. The number of hydrogen-bond donors (Lipinski definition) is 0. The number of nitrogens with zero attached hydrogens (tertiary/aromatic N) is 4. The van der Waals surface area contributed by atoms with Gasteiger partial charge in [-0.1, -0.05) is 0 Å². The molecule has 0 radical (unpaired) electrons. The van der Waals surface area contributed by atoms with Gasteiger partial charge in [-0.2, -0.15) is 5.26 Å². The van der Waals surface area contributed by atoms with Crippen LogP contribution in [0, 0.1) is 11.3 Å². The quantitative estimate of drug-likeness (QED) is 0.795. The lowest BCUT2D eigenvalue weighted by atomic mass is 10.2. The molecule has 0 aliphatic rings. The summed E-state index contributed by atoms with van der Waals surface area (Å²) in [6, 6.07) is 8.05. The van der Waals surface area contributed by atoms with Crippen LogP contribution in [0.3, 0.4) is 0 Å². The molecule has 0 saturated carbocycles. The largest absolute Gasteiger partial charge is 0.324 e. The molecule has 0 amide bonds. The predicted molar refractivity (Wildman–Crippen MR) is 81.9 cm³/mol. The molecule has 5 heteroatoms. The Morgan fingerprint density at radius 1 is 1.45 bits per heavy atom. The third-order valence-corrected chi connectivity index (χ3v) is 3.69. The number of halogens is 1. The first-order valence-corrected chi connectivity index (χ1v) is 7.22. The minimum atomic E-state index is 0.296. The maximum Gasteiger partial charge on any atom is 0.125 e. The van der Waals surface area contributed by atoms with Crippen LogP contribution in [0.25, 0.3) is 11.0 Å². The molecule has 1 atom stereocenters. The van der Waals surface area contributed by atoms with Crippen molar-refractivity contribution in [2.45, 2.75) is 25.3 Å². The van der Waals surface area contributed by atoms with Crippen LogP contribution in [0.4, 0.5) is 0 Å². The molecule has 1 heterocycles. The lowest BCUT2D eigenvalue weighted by Gasteiger charge is -2.19. The van der Waals surface area contributed by atoms with Gasteiger partial charge in [0.2, 0.25) is 0 Å². The van der Waals surface area contributed by atoms with E-state index >= 15 is 0 Å². The molecule has 2 rings (SSSR count). The third kappa shape index (κ3) is 2.95. The van der Waals surface area contributed by atoms with Gasteiger partial charge in [0.25, 0.3) is 0 Å². The molecule has 4 nitrogen and oxygen atoms in total. The zero-order valence-corrected chi connectivity index (χ0v) is 12.9. The van der Waals surface area contributed by atoms with E-state index in [0.717, 1.165) is 29.8 Å². The number of imidazole rings is 1. The lowest BCUT2D eigenvalue weighted by molar-refractivity contribution is 0.358. The molecule has 20 heavy (non-hydrogen) atoms. The van der Waals surface area contributed by atoms with E-state index in [4.69, 9.17) is 16.9 Å². The van der Waals surface area contributed by atoms with E-state index < -0.39 is 0 Å². The van der Waals surface area contributed by atoms with Crippen LogP contribution in [0.2, 0.25) is 0 Å². The normalized spacial score (nSPS) is 12.8. The minimum Gasteiger partial charge on any atom is -0.324 e. The summed E-state index contributed by atoms with van der Waals surface area (Å²) in [6.45, 7) is 3.17. The van der Waals surface area contributed by atoms with Crippen molar-refractivity contribution in [3.63, 3.8) is 0 Å². The van der Waals surface area contributed by atoms with E-state index in [1.807, 2.05) is 12.1 Å². The van der Waals surface area contributed by atoms with Gasteiger partial charge in [-0.15, -0.1) is 11.6 Å². The van der Waals surface area contributed by atoms with Crippen molar-refractivity contribution in [3.05, 3.63) is 29.6 Å². The second-order valence-electron chi connectivity index (χ2n) is 5.29. The number of aromatic nitrogens is 2. The first kappa shape index (κ1) is 14.8. The van der Waals surface area contributed by atoms with E-state index in [1.54, 1.807) is 6.07 Å². The highest BCUT2D eigenvalue weighted by molar-refractivity contribution is 6.16. The first-order chi connectivity index (χ1) is 9.56. The van der Waals surface area contributed by atoms with Gasteiger partial charge >= 0.3 is 0 Å². The van der Waals surface area contributed by atoms with Gasteiger partial charge < -0.3 is 9.47 Å². The Labute approximate surface area is 124 Å². The fourth-order valence-corrected chi connectivity index (χ4v) is 2.56. The Bertz CT molecular complexity index is 639. The lowest BCUT2D eigenvalue weighted by Crippen LogP contribution is -2.18. The Balaban J connectivity index is 2.45. The SMILES string of the molecule is CC(CCN(C)C)n1c(CCl)nc2ccc(C#N)cc21. The summed E-state index contributed by atoms with van der Waals surface area (Å²) in [7, 11) is 4.13. The van der Waals surface area contributed by atoms with Crippen molar-refractivity contribution < 1.29 is 0 Å². The monoisotopic (exact) mass is 290 g/mol. The predicted octanol–water partition coefficient (Wildman–Crippen LogP) is 3.16. The molecular weight excluding hydrogens is 272 g/mol. The van der Waals surface area contributed by atoms with Crippen LogP contribution in [-0.2, 0) is 5.88 Å². The topological polar surface area (TPSA) is 44.9 Å². The molecule has 1 aromatic heterocycles. The van der Waals surface area contributed by atoms with E-state index in [-0.39, 0.29) is 0 Å². The number of benzene rings is 1. The van der Waals surface area contributed by atoms with E-state index in [9.17, 15) is 0 Å². The van der Waals surface area contributed by atoms with Crippen molar-refractivity contribution in [1.82, 2.24) is 14.5 Å². The fourth-order valence-electron chi connectivity index (χ4n) is 2.37. The first-order valence-electron chi connectivity index (χ1n) is 6.68. The van der Waals surface area contributed by atoms with Crippen molar-refractivity contribution in [1.29, 1.82) is 5.26 Å². The molecule has 0 spiro atoms. The fraction of sp³-hybridized carbons (Fsp3) is 0.467. The molecular formula is C15H19ClN4. The second kappa shape index (κ2) is 6.25. The van der Waals surface area contributed by atoms with Crippen molar-refractivity contribution in [2.75, 3.05) is 20.6 Å². The summed E-state index contributed by atoms with van der Waals surface area (Å²) < 4.78 is 2.16. The molecule has 0 aliphatic carbocycles. The number of fused-ring (bicyclic) bond motifs is 1. The van der Waals surface area contributed by atoms with Crippen LogP contribution in [0.1, 0.15) is 30.8 Å². The summed E-state index contributed by atoms with van der Waals surface area (Å²) >= 11 is 6.03. The number of hydrogen-bond acceptors (Lipinski definition) is 3. The van der Waals surface area contributed by atoms with Crippen molar-refractivity contribution in [3.8, 4) is 6.07 Å². The van der Waals surface area contributed by atoms with Gasteiger partial charge in [0.15, 0.2) is 0 Å². The van der Waals surface area contributed by atoms with E-state index in [2.05, 4.69) is 41.5 Å². The van der Waals surface area contributed by atoms with Crippen LogP contribution in [-0.4, -0.2) is 35.1 Å².